The lowest BCUT2D eigenvalue weighted by atomic mass is 10.1. The summed E-state index contributed by atoms with van der Waals surface area (Å²) >= 11 is 0. The second-order valence-corrected chi connectivity index (χ2v) is 4.47. The Morgan fingerprint density at radius 3 is 2.72 bits per heavy atom. The highest BCUT2D eigenvalue weighted by molar-refractivity contribution is 6.00. The summed E-state index contributed by atoms with van der Waals surface area (Å²) in [5, 5.41) is 19.4. The van der Waals surface area contributed by atoms with Gasteiger partial charge in [-0.25, -0.2) is 4.79 Å². The van der Waals surface area contributed by atoms with Gasteiger partial charge in [-0.1, -0.05) is 6.07 Å². The van der Waals surface area contributed by atoms with Gasteiger partial charge in [0.05, 0.1) is 5.56 Å². The summed E-state index contributed by atoms with van der Waals surface area (Å²) in [6.07, 6.45) is 3.43. The molecule has 1 saturated heterocycles. The first-order valence-corrected chi connectivity index (χ1v) is 6.10. The molecule has 6 heteroatoms. The zero-order valence-electron chi connectivity index (χ0n) is 9.91. The average molecular weight is 246 g/mol. The number of para-hydroxylation sites is 1. The van der Waals surface area contributed by atoms with Crippen molar-refractivity contribution in [3.8, 4) is 0 Å². The molecule has 0 bridgehead atoms. The van der Waals surface area contributed by atoms with Gasteiger partial charge in [0.15, 0.2) is 0 Å². The minimum atomic E-state index is -0.943. The molecule has 1 aromatic carbocycles. The molecule has 94 valence electrons. The molecular formula is C12H14N4O2. The second-order valence-electron chi connectivity index (χ2n) is 4.47. The fourth-order valence-electron chi connectivity index (χ4n) is 2.39. The van der Waals surface area contributed by atoms with E-state index in [-0.39, 0.29) is 5.56 Å². The molecule has 0 unspecified atom stereocenters. The van der Waals surface area contributed by atoms with Gasteiger partial charge in [0.25, 0.3) is 0 Å². The molecule has 1 aromatic heterocycles. The Balaban J connectivity index is 2.14. The number of hydrogen-bond donors (Lipinski definition) is 1. The van der Waals surface area contributed by atoms with Crippen molar-refractivity contribution in [3.63, 3.8) is 0 Å². The van der Waals surface area contributed by atoms with Crippen LogP contribution in [0.1, 0.15) is 29.6 Å². The number of carbonyl (C=O) groups is 1. The van der Waals surface area contributed by atoms with Crippen molar-refractivity contribution in [2.75, 3.05) is 18.1 Å². The number of piperidine rings is 1. The maximum atomic E-state index is 11.3. The third-order valence-electron chi connectivity index (χ3n) is 3.28. The van der Waals surface area contributed by atoms with E-state index in [4.69, 9.17) is 0 Å². The number of fused-ring (bicyclic) bond motifs is 1. The molecule has 2 heterocycles. The van der Waals surface area contributed by atoms with Gasteiger partial charge in [0.2, 0.25) is 0 Å². The van der Waals surface area contributed by atoms with E-state index < -0.39 is 5.97 Å². The van der Waals surface area contributed by atoms with E-state index in [0.29, 0.717) is 11.0 Å². The van der Waals surface area contributed by atoms with Crippen molar-refractivity contribution in [1.29, 1.82) is 0 Å². The van der Waals surface area contributed by atoms with E-state index >= 15 is 0 Å². The number of nitrogens with zero attached hydrogens (tertiary/aromatic N) is 4. The largest absolute Gasteiger partial charge is 0.478 e. The van der Waals surface area contributed by atoms with E-state index in [1.165, 1.54) is 6.42 Å². The highest BCUT2D eigenvalue weighted by Gasteiger charge is 2.19. The molecule has 6 nitrogen and oxygen atoms in total. The molecule has 0 atom stereocenters. The molecule has 0 radical (unpaired) electrons. The number of aromatic carboxylic acids is 1. The van der Waals surface area contributed by atoms with Crippen LogP contribution in [0.3, 0.4) is 0 Å². The van der Waals surface area contributed by atoms with Crippen molar-refractivity contribution >= 4 is 17.0 Å². The third kappa shape index (κ3) is 1.70. The van der Waals surface area contributed by atoms with Crippen molar-refractivity contribution in [3.05, 3.63) is 23.8 Å². The zero-order valence-corrected chi connectivity index (χ0v) is 9.91. The highest BCUT2D eigenvalue weighted by atomic mass is 16.4. The highest BCUT2D eigenvalue weighted by Crippen LogP contribution is 2.18. The van der Waals surface area contributed by atoms with Crippen molar-refractivity contribution < 1.29 is 9.90 Å². The van der Waals surface area contributed by atoms with Crippen LogP contribution in [0.4, 0.5) is 0 Å². The Kier molecular flexibility index (Phi) is 2.62. The lowest BCUT2D eigenvalue weighted by Crippen LogP contribution is -2.40. The SMILES string of the molecule is O=C(O)c1cccc2nnn(N3CCCCC3)c12. The van der Waals surface area contributed by atoms with Gasteiger partial charge >= 0.3 is 5.97 Å². The second kappa shape index (κ2) is 4.29. The number of hydrogen-bond acceptors (Lipinski definition) is 4. The van der Waals surface area contributed by atoms with Gasteiger partial charge in [-0.15, -0.1) is 5.10 Å². The molecule has 0 saturated carbocycles. The summed E-state index contributed by atoms with van der Waals surface area (Å²) in [5.41, 5.74) is 1.47. The zero-order chi connectivity index (χ0) is 12.5. The Morgan fingerprint density at radius 2 is 2.00 bits per heavy atom. The van der Waals surface area contributed by atoms with E-state index in [1.807, 2.05) is 0 Å². The minimum absolute atomic E-state index is 0.253. The molecule has 1 aliphatic heterocycles. The molecule has 1 aliphatic rings. The summed E-state index contributed by atoms with van der Waals surface area (Å²) in [6.45, 7) is 1.79. The summed E-state index contributed by atoms with van der Waals surface area (Å²) in [4.78, 5) is 12.9. The summed E-state index contributed by atoms with van der Waals surface area (Å²) in [6, 6.07) is 5.07. The predicted molar refractivity (Wildman–Crippen MR) is 66.3 cm³/mol. The van der Waals surface area contributed by atoms with Crippen LogP contribution in [-0.4, -0.2) is 39.3 Å². The number of aromatic nitrogens is 3. The summed E-state index contributed by atoms with van der Waals surface area (Å²) in [5.74, 6) is -0.943. The average Bonchev–Trinajstić information content (AvgIpc) is 2.83. The van der Waals surface area contributed by atoms with Gasteiger partial charge in [-0.2, -0.15) is 4.79 Å². The van der Waals surface area contributed by atoms with Crippen LogP contribution in [0.15, 0.2) is 18.2 Å². The Hall–Kier alpha value is -2.11. The first kappa shape index (κ1) is 11.0. The van der Waals surface area contributed by atoms with Crippen molar-refractivity contribution in [1.82, 2.24) is 15.1 Å². The standard InChI is InChI=1S/C12H14N4O2/c17-12(18)9-5-4-6-10-11(9)16(14-13-10)15-7-2-1-3-8-15/h4-6H,1-3,7-8H2,(H,17,18). The lowest BCUT2D eigenvalue weighted by molar-refractivity contribution is 0.0698. The van der Waals surface area contributed by atoms with Gasteiger partial charge in [0.1, 0.15) is 11.0 Å². The molecule has 1 N–H and O–H groups in total. The monoisotopic (exact) mass is 246 g/mol. The fourth-order valence-corrected chi connectivity index (χ4v) is 2.39. The molecule has 18 heavy (non-hydrogen) atoms. The van der Waals surface area contributed by atoms with Crippen LogP contribution in [0.5, 0.6) is 0 Å². The Bertz CT molecular complexity index is 587. The molecule has 2 aromatic rings. The molecule has 0 aliphatic carbocycles. The third-order valence-corrected chi connectivity index (χ3v) is 3.28. The smallest absolute Gasteiger partial charge is 0.338 e. The first-order chi connectivity index (χ1) is 8.77. The van der Waals surface area contributed by atoms with Gasteiger partial charge in [-0.05, 0) is 36.6 Å². The maximum absolute atomic E-state index is 11.3. The molecular weight excluding hydrogens is 232 g/mol. The number of benzene rings is 1. The number of carboxylic acids is 1. The Morgan fingerprint density at radius 1 is 1.22 bits per heavy atom. The van der Waals surface area contributed by atoms with E-state index in [2.05, 4.69) is 15.3 Å². The predicted octanol–water partition coefficient (Wildman–Crippen LogP) is 1.25. The van der Waals surface area contributed by atoms with E-state index in [9.17, 15) is 9.90 Å². The maximum Gasteiger partial charge on any atom is 0.338 e. The molecule has 0 spiro atoms. The minimum Gasteiger partial charge on any atom is -0.478 e. The van der Waals surface area contributed by atoms with Crippen LogP contribution >= 0.6 is 0 Å². The molecule has 3 rings (SSSR count). The Labute approximate surface area is 104 Å². The van der Waals surface area contributed by atoms with Crippen molar-refractivity contribution in [2.45, 2.75) is 19.3 Å². The normalized spacial score (nSPS) is 16.1. The quantitative estimate of drug-likeness (QED) is 0.863. The molecule has 1 fully saturated rings. The van der Waals surface area contributed by atoms with E-state index in [1.54, 1.807) is 23.0 Å². The van der Waals surface area contributed by atoms with Gasteiger partial charge in [0, 0.05) is 13.1 Å². The van der Waals surface area contributed by atoms with Crippen LogP contribution in [-0.2, 0) is 0 Å². The topological polar surface area (TPSA) is 71.2 Å². The van der Waals surface area contributed by atoms with Crippen LogP contribution in [0, 0.1) is 0 Å². The van der Waals surface area contributed by atoms with Gasteiger partial charge in [-0.3, -0.25) is 5.01 Å². The number of rotatable bonds is 2. The van der Waals surface area contributed by atoms with Crippen LogP contribution in [0.2, 0.25) is 0 Å². The van der Waals surface area contributed by atoms with E-state index in [0.717, 1.165) is 25.9 Å². The lowest BCUT2D eigenvalue weighted by Gasteiger charge is -2.28. The van der Waals surface area contributed by atoms with Crippen LogP contribution in [0.25, 0.3) is 11.0 Å². The fraction of sp³-hybridized carbons (Fsp3) is 0.417. The molecule has 0 amide bonds. The number of carboxylic acid groups (broad SMARTS) is 1. The van der Waals surface area contributed by atoms with Gasteiger partial charge < -0.3 is 5.11 Å². The van der Waals surface area contributed by atoms with Crippen molar-refractivity contribution in [2.24, 2.45) is 0 Å². The summed E-state index contributed by atoms with van der Waals surface area (Å²) < 4.78 is 0. The first-order valence-electron chi connectivity index (χ1n) is 6.10. The summed E-state index contributed by atoms with van der Waals surface area (Å²) in [7, 11) is 0. The van der Waals surface area contributed by atoms with Crippen LogP contribution < -0.4 is 5.01 Å².